The molecular formula is C19H23N5O3. The molecule has 1 N–H and O–H groups in total. The highest BCUT2D eigenvalue weighted by atomic mass is 16.4. The van der Waals surface area contributed by atoms with Gasteiger partial charge < -0.3 is 13.9 Å². The molecule has 0 unspecified atom stereocenters. The van der Waals surface area contributed by atoms with Gasteiger partial charge in [-0.2, -0.15) is 0 Å². The van der Waals surface area contributed by atoms with Gasteiger partial charge in [0.25, 0.3) is 0 Å². The number of nitrogens with zero attached hydrogens (tertiary/aromatic N) is 4. The Morgan fingerprint density at radius 2 is 2.04 bits per heavy atom. The second-order valence-corrected chi connectivity index (χ2v) is 7.85. The van der Waals surface area contributed by atoms with Crippen molar-refractivity contribution >= 4 is 17.8 Å². The van der Waals surface area contributed by atoms with Gasteiger partial charge in [-0.15, -0.1) is 0 Å². The molecule has 0 spiro atoms. The van der Waals surface area contributed by atoms with Gasteiger partial charge in [-0.3, -0.25) is 14.9 Å². The minimum absolute atomic E-state index is 0.113. The SMILES string of the molecule is Cn1ccnc1[C@@H]1[C@@H](C(=O)Nc2ncc(C3CC3)o2)CCC(=O)N1C1CC1. The average molecular weight is 369 g/mol. The van der Waals surface area contributed by atoms with Crippen molar-refractivity contribution in [1.29, 1.82) is 0 Å². The Bertz CT molecular complexity index is 880. The van der Waals surface area contributed by atoms with E-state index in [4.69, 9.17) is 4.42 Å². The van der Waals surface area contributed by atoms with Crippen LogP contribution >= 0.6 is 0 Å². The van der Waals surface area contributed by atoms with Crippen molar-refractivity contribution in [3.63, 3.8) is 0 Å². The molecule has 2 amide bonds. The van der Waals surface area contributed by atoms with Gasteiger partial charge in [-0.1, -0.05) is 0 Å². The van der Waals surface area contributed by atoms with Crippen LogP contribution in [0.1, 0.15) is 62.1 Å². The largest absolute Gasteiger partial charge is 0.428 e. The van der Waals surface area contributed by atoms with Crippen LogP contribution in [0.2, 0.25) is 0 Å². The normalized spacial score (nSPS) is 25.7. The number of nitrogens with one attached hydrogen (secondary N) is 1. The molecule has 5 rings (SSSR count). The highest BCUT2D eigenvalue weighted by Gasteiger charge is 2.48. The summed E-state index contributed by atoms with van der Waals surface area (Å²) in [5, 5.41) is 2.83. The Hall–Kier alpha value is -2.64. The van der Waals surface area contributed by atoms with Gasteiger partial charge >= 0.3 is 6.01 Å². The number of oxazole rings is 1. The Labute approximate surface area is 157 Å². The summed E-state index contributed by atoms with van der Waals surface area (Å²) >= 11 is 0. The first-order valence-electron chi connectivity index (χ1n) is 9.67. The molecule has 0 radical (unpaired) electrons. The summed E-state index contributed by atoms with van der Waals surface area (Å²) in [6.07, 6.45) is 10.4. The predicted molar refractivity (Wildman–Crippen MR) is 95.6 cm³/mol. The van der Waals surface area contributed by atoms with Crippen molar-refractivity contribution in [3.8, 4) is 0 Å². The Morgan fingerprint density at radius 3 is 2.70 bits per heavy atom. The van der Waals surface area contributed by atoms with Gasteiger partial charge in [0.1, 0.15) is 17.6 Å². The number of carbonyl (C=O) groups excluding carboxylic acids is 2. The van der Waals surface area contributed by atoms with Crippen molar-refractivity contribution in [1.82, 2.24) is 19.4 Å². The molecule has 2 aliphatic carbocycles. The van der Waals surface area contributed by atoms with Gasteiger partial charge in [0.15, 0.2) is 0 Å². The van der Waals surface area contributed by atoms with Gasteiger partial charge in [0.05, 0.1) is 12.1 Å². The summed E-state index contributed by atoms with van der Waals surface area (Å²) < 4.78 is 7.58. The number of likely N-dealkylation sites (tertiary alicyclic amines) is 1. The smallest absolute Gasteiger partial charge is 0.301 e. The maximum Gasteiger partial charge on any atom is 0.301 e. The van der Waals surface area contributed by atoms with E-state index in [-0.39, 0.29) is 35.8 Å². The zero-order chi connectivity index (χ0) is 18.5. The lowest BCUT2D eigenvalue weighted by atomic mass is 9.87. The van der Waals surface area contributed by atoms with Crippen molar-refractivity contribution in [2.75, 3.05) is 5.32 Å². The standard InChI is InChI=1S/C19H23N5O3/c1-23-9-8-20-17(23)16-13(6-7-15(25)24(16)12-4-5-12)18(26)22-19-21-10-14(27-19)11-2-3-11/h8-13,16H,2-7H2,1H3,(H,21,22,26)/t13-,16-/m0/s1. The summed E-state index contributed by atoms with van der Waals surface area (Å²) in [4.78, 5) is 36.3. The van der Waals surface area contributed by atoms with Crippen molar-refractivity contribution in [3.05, 3.63) is 30.2 Å². The fraction of sp³-hybridized carbons (Fsp3) is 0.579. The average Bonchev–Trinajstić information content (AvgIpc) is 3.58. The minimum atomic E-state index is -0.374. The number of amides is 2. The topological polar surface area (TPSA) is 93.3 Å². The molecule has 8 heteroatoms. The third-order valence-corrected chi connectivity index (χ3v) is 5.77. The molecule has 2 saturated carbocycles. The first-order chi connectivity index (χ1) is 13.1. The van der Waals surface area contributed by atoms with E-state index in [9.17, 15) is 9.59 Å². The van der Waals surface area contributed by atoms with Crippen LogP contribution in [0.5, 0.6) is 0 Å². The van der Waals surface area contributed by atoms with E-state index in [0.717, 1.165) is 37.3 Å². The summed E-state index contributed by atoms with van der Waals surface area (Å²) in [5.74, 6) is 1.61. The minimum Gasteiger partial charge on any atom is -0.428 e. The lowest BCUT2D eigenvalue weighted by Gasteiger charge is -2.40. The third-order valence-electron chi connectivity index (χ3n) is 5.77. The molecule has 8 nitrogen and oxygen atoms in total. The maximum absolute atomic E-state index is 13.1. The van der Waals surface area contributed by atoms with Gasteiger partial charge in [0.2, 0.25) is 11.8 Å². The summed E-state index contributed by atoms with van der Waals surface area (Å²) in [6, 6.07) is 0.116. The maximum atomic E-state index is 13.1. The molecule has 3 aliphatic rings. The molecule has 3 heterocycles. The molecule has 0 aromatic carbocycles. The number of imidazole rings is 1. The molecule has 2 aromatic rings. The Balaban J connectivity index is 1.42. The highest BCUT2D eigenvalue weighted by Crippen LogP contribution is 2.44. The second-order valence-electron chi connectivity index (χ2n) is 7.85. The molecule has 3 fully saturated rings. The fourth-order valence-electron chi connectivity index (χ4n) is 4.04. The van der Waals surface area contributed by atoms with Crippen LogP contribution in [-0.4, -0.2) is 37.3 Å². The van der Waals surface area contributed by atoms with E-state index < -0.39 is 0 Å². The monoisotopic (exact) mass is 369 g/mol. The van der Waals surface area contributed by atoms with E-state index in [0.29, 0.717) is 18.8 Å². The van der Waals surface area contributed by atoms with Gasteiger partial charge in [-0.05, 0) is 32.1 Å². The van der Waals surface area contributed by atoms with Crippen LogP contribution < -0.4 is 5.32 Å². The summed E-state index contributed by atoms with van der Waals surface area (Å²) in [7, 11) is 1.90. The molecule has 2 atom stereocenters. The zero-order valence-corrected chi connectivity index (χ0v) is 15.3. The van der Waals surface area contributed by atoms with Crippen molar-refractivity contribution < 1.29 is 14.0 Å². The lowest BCUT2D eigenvalue weighted by Crippen LogP contribution is -2.48. The molecular weight excluding hydrogens is 346 g/mol. The Kier molecular flexibility index (Phi) is 3.80. The van der Waals surface area contributed by atoms with Crippen LogP contribution in [0.25, 0.3) is 0 Å². The molecule has 1 saturated heterocycles. The number of piperidine rings is 1. The predicted octanol–water partition coefficient (Wildman–Crippen LogP) is 2.37. The third kappa shape index (κ3) is 3.02. The number of hydrogen-bond acceptors (Lipinski definition) is 5. The number of aromatic nitrogens is 3. The number of aryl methyl sites for hydroxylation is 1. The van der Waals surface area contributed by atoms with Crippen molar-refractivity contribution in [2.45, 2.75) is 56.5 Å². The van der Waals surface area contributed by atoms with Crippen LogP contribution in [-0.2, 0) is 16.6 Å². The number of carbonyl (C=O) groups is 2. The second kappa shape index (κ2) is 6.21. The first kappa shape index (κ1) is 16.5. The molecule has 2 aromatic heterocycles. The van der Waals surface area contributed by atoms with E-state index in [2.05, 4.69) is 15.3 Å². The number of anilines is 1. The fourth-order valence-corrected chi connectivity index (χ4v) is 4.04. The quantitative estimate of drug-likeness (QED) is 0.873. The molecule has 0 bridgehead atoms. The molecule has 142 valence electrons. The van der Waals surface area contributed by atoms with Crippen LogP contribution in [0.15, 0.2) is 23.0 Å². The van der Waals surface area contributed by atoms with Gasteiger partial charge in [0, 0.05) is 37.8 Å². The first-order valence-corrected chi connectivity index (χ1v) is 9.67. The van der Waals surface area contributed by atoms with Crippen molar-refractivity contribution in [2.24, 2.45) is 13.0 Å². The summed E-state index contributed by atoms with van der Waals surface area (Å²) in [5.41, 5.74) is 0. The van der Waals surface area contributed by atoms with E-state index in [1.165, 1.54) is 0 Å². The number of rotatable bonds is 5. The van der Waals surface area contributed by atoms with Crippen LogP contribution in [0.3, 0.4) is 0 Å². The lowest BCUT2D eigenvalue weighted by molar-refractivity contribution is -0.143. The van der Waals surface area contributed by atoms with E-state index in [1.807, 2.05) is 22.7 Å². The Morgan fingerprint density at radius 1 is 1.22 bits per heavy atom. The molecule has 1 aliphatic heterocycles. The van der Waals surface area contributed by atoms with Crippen LogP contribution in [0.4, 0.5) is 6.01 Å². The van der Waals surface area contributed by atoms with Gasteiger partial charge in [-0.25, -0.2) is 9.97 Å². The zero-order valence-electron chi connectivity index (χ0n) is 15.3. The van der Waals surface area contributed by atoms with E-state index >= 15 is 0 Å². The van der Waals surface area contributed by atoms with Crippen LogP contribution in [0, 0.1) is 5.92 Å². The highest BCUT2D eigenvalue weighted by molar-refractivity contribution is 5.93. The summed E-state index contributed by atoms with van der Waals surface area (Å²) in [6.45, 7) is 0. The molecule has 27 heavy (non-hydrogen) atoms. The van der Waals surface area contributed by atoms with E-state index in [1.54, 1.807) is 12.4 Å². The number of hydrogen-bond donors (Lipinski definition) is 1.